The van der Waals surface area contributed by atoms with Gasteiger partial charge < -0.3 is 10.4 Å². The molecule has 1 unspecified atom stereocenters. The highest BCUT2D eigenvalue weighted by Crippen LogP contribution is 2.23. The summed E-state index contributed by atoms with van der Waals surface area (Å²) in [6.45, 7) is 0. The average molecular weight is 263 g/mol. The molecule has 0 saturated carbocycles. The Morgan fingerprint density at radius 1 is 1.05 bits per heavy atom. The van der Waals surface area contributed by atoms with Crippen LogP contribution in [0.3, 0.4) is 0 Å². The van der Waals surface area contributed by atoms with E-state index in [2.05, 4.69) is 5.32 Å². The molecule has 2 aromatic rings. The molecule has 0 aliphatic rings. The van der Waals surface area contributed by atoms with E-state index in [0.29, 0.717) is 5.56 Å². The second-order valence-corrected chi connectivity index (χ2v) is 3.93. The molecule has 3 nitrogen and oxygen atoms in total. The first-order valence-corrected chi connectivity index (χ1v) is 5.58. The molecular weight excluding hydrogens is 252 g/mol. The van der Waals surface area contributed by atoms with Crippen LogP contribution >= 0.6 is 0 Å². The summed E-state index contributed by atoms with van der Waals surface area (Å²) in [7, 11) is 0. The number of carbonyl (C=O) groups is 1. The fraction of sp³-hybridized carbons (Fsp3) is 0.0714. The van der Waals surface area contributed by atoms with E-state index in [-0.39, 0.29) is 5.69 Å². The summed E-state index contributed by atoms with van der Waals surface area (Å²) in [6, 6.07) is 10.7. The average Bonchev–Trinajstić information content (AvgIpc) is 2.41. The number of halogens is 2. The molecule has 0 spiro atoms. The maximum atomic E-state index is 13.5. The van der Waals surface area contributed by atoms with Gasteiger partial charge in [-0.05, 0) is 17.7 Å². The van der Waals surface area contributed by atoms with Crippen molar-refractivity contribution in [2.24, 2.45) is 0 Å². The van der Waals surface area contributed by atoms with Crippen molar-refractivity contribution in [1.82, 2.24) is 0 Å². The van der Waals surface area contributed by atoms with Crippen LogP contribution in [0.2, 0.25) is 0 Å². The molecule has 0 heterocycles. The van der Waals surface area contributed by atoms with Gasteiger partial charge in [0.1, 0.15) is 0 Å². The van der Waals surface area contributed by atoms with Gasteiger partial charge in [-0.25, -0.2) is 13.6 Å². The van der Waals surface area contributed by atoms with Crippen LogP contribution in [0, 0.1) is 11.6 Å². The van der Waals surface area contributed by atoms with Crippen molar-refractivity contribution < 1.29 is 18.7 Å². The number of hydrogen-bond acceptors (Lipinski definition) is 2. The summed E-state index contributed by atoms with van der Waals surface area (Å²) in [6.07, 6.45) is 0. The number of hydrogen-bond donors (Lipinski definition) is 2. The number of benzene rings is 2. The number of rotatable bonds is 4. The lowest BCUT2D eigenvalue weighted by Crippen LogP contribution is -2.21. The molecule has 0 bridgehead atoms. The minimum atomic E-state index is -1.17. The van der Waals surface area contributed by atoms with Gasteiger partial charge in [0.05, 0.1) is 5.69 Å². The highest BCUT2D eigenvalue weighted by molar-refractivity contribution is 5.79. The first kappa shape index (κ1) is 13.0. The van der Waals surface area contributed by atoms with Crippen LogP contribution in [0.5, 0.6) is 0 Å². The van der Waals surface area contributed by atoms with Gasteiger partial charge >= 0.3 is 5.97 Å². The standard InChI is InChI=1S/C14H11F2NO2/c15-10-7-4-8-11(12(10)16)17-13(14(18)19)9-5-2-1-3-6-9/h1-8,13,17H,(H,18,19). The van der Waals surface area contributed by atoms with E-state index < -0.39 is 23.6 Å². The van der Waals surface area contributed by atoms with Crippen molar-refractivity contribution in [1.29, 1.82) is 0 Å². The second kappa shape index (κ2) is 5.48. The van der Waals surface area contributed by atoms with E-state index in [1.165, 1.54) is 12.1 Å². The van der Waals surface area contributed by atoms with Crippen molar-refractivity contribution in [3.63, 3.8) is 0 Å². The molecule has 2 aromatic carbocycles. The number of aliphatic carboxylic acids is 1. The van der Waals surface area contributed by atoms with Crippen LogP contribution in [0.25, 0.3) is 0 Å². The Kier molecular flexibility index (Phi) is 3.75. The molecule has 2 N–H and O–H groups in total. The van der Waals surface area contributed by atoms with Crippen LogP contribution in [0.4, 0.5) is 14.5 Å². The third-order valence-electron chi connectivity index (χ3n) is 2.63. The third kappa shape index (κ3) is 2.88. The molecule has 0 saturated heterocycles. The normalized spacial score (nSPS) is 11.9. The number of anilines is 1. The Bertz CT molecular complexity index is 587. The highest BCUT2D eigenvalue weighted by Gasteiger charge is 2.21. The van der Waals surface area contributed by atoms with Crippen LogP contribution < -0.4 is 5.32 Å². The van der Waals surface area contributed by atoms with Crippen LogP contribution in [-0.2, 0) is 4.79 Å². The summed E-state index contributed by atoms with van der Waals surface area (Å²) in [4.78, 5) is 11.2. The molecule has 0 amide bonds. The molecule has 1 atom stereocenters. The molecule has 0 aliphatic heterocycles. The van der Waals surface area contributed by atoms with Gasteiger partial charge in [-0.1, -0.05) is 36.4 Å². The molecule has 2 rings (SSSR count). The van der Waals surface area contributed by atoms with E-state index in [4.69, 9.17) is 5.11 Å². The van der Waals surface area contributed by atoms with E-state index >= 15 is 0 Å². The van der Waals surface area contributed by atoms with Crippen LogP contribution in [0.1, 0.15) is 11.6 Å². The maximum absolute atomic E-state index is 13.5. The molecule has 98 valence electrons. The van der Waals surface area contributed by atoms with E-state index in [1.54, 1.807) is 30.3 Å². The van der Waals surface area contributed by atoms with Gasteiger partial charge in [0.15, 0.2) is 17.7 Å². The molecule has 0 radical (unpaired) electrons. The van der Waals surface area contributed by atoms with Crippen LogP contribution in [0.15, 0.2) is 48.5 Å². The number of carboxylic acids is 1. The SMILES string of the molecule is O=C(O)C(Nc1cccc(F)c1F)c1ccccc1. The Balaban J connectivity index is 2.32. The topological polar surface area (TPSA) is 49.3 Å². The fourth-order valence-corrected chi connectivity index (χ4v) is 1.70. The molecule has 0 fully saturated rings. The molecule has 19 heavy (non-hydrogen) atoms. The lowest BCUT2D eigenvalue weighted by molar-refractivity contribution is -0.138. The van der Waals surface area contributed by atoms with E-state index in [0.717, 1.165) is 6.07 Å². The zero-order valence-electron chi connectivity index (χ0n) is 9.81. The minimum Gasteiger partial charge on any atom is -0.479 e. The van der Waals surface area contributed by atoms with E-state index in [1.807, 2.05) is 0 Å². The molecular formula is C14H11F2NO2. The summed E-state index contributed by atoms with van der Waals surface area (Å²) < 4.78 is 26.6. The largest absolute Gasteiger partial charge is 0.479 e. The molecule has 5 heteroatoms. The predicted octanol–water partition coefficient (Wildman–Crippen LogP) is 3.20. The smallest absolute Gasteiger partial charge is 0.330 e. The lowest BCUT2D eigenvalue weighted by Gasteiger charge is -2.16. The van der Waals surface area contributed by atoms with Gasteiger partial charge in [-0.3, -0.25) is 0 Å². The summed E-state index contributed by atoms with van der Waals surface area (Å²) in [5, 5.41) is 11.7. The van der Waals surface area contributed by atoms with Crippen molar-refractivity contribution in [2.75, 3.05) is 5.32 Å². The van der Waals surface area contributed by atoms with Crippen molar-refractivity contribution >= 4 is 11.7 Å². The minimum absolute atomic E-state index is 0.184. The number of nitrogens with one attached hydrogen (secondary N) is 1. The first-order chi connectivity index (χ1) is 9.09. The first-order valence-electron chi connectivity index (χ1n) is 5.58. The zero-order valence-corrected chi connectivity index (χ0v) is 9.81. The number of carboxylic acid groups (broad SMARTS) is 1. The summed E-state index contributed by atoms with van der Waals surface area (Å²) in [5.74, 6) is -3.29. The fourth-order valence-electron chi connectivity index (χ4n) is 1.70. The van der Waals surface area contributed by atoms with Gasteiger partial charge in [-0.2, -0.15) is 0 Å². The second-order valence-electron chi connectivity index (χ2n) is 3.93. The lowest BCUT2D eigenvalue weighted by atomic mass is 10.1. The van der Waals surface area contributed by atoms with E-state index in [9.17, 15) is 13.6 Å². The predicted molar refractivity (Wildman–Crippen MR) is 66.8 cm³/mol. The molecule has 0 aliphatic carbocycles. The van der Waals surface area contributed by atoms with Crippen molar-refractivity contribution in [3.8, 4) is 0 Å². The maximum Gasteiger partial charge on any atom is 0.330 e. The van der Waals surface area contributed by atoms with Gasteiger partial charge in [-0.15, -0.1) is 0 Å². The van der Waals surface area contributed by atoms with Gasteiger partial charge in [0.25, 0.3) is 0 Å². The Morgan fingerprint density at radius 2 is 1.74 bits per heavy atom. The molecule has 0 aromatic heterocycles. The highest BCUT2D eigenvalue weighted by atomic mass is 19.2. The van der Waals surface area contributed by atoms with Gasteiger partial charge in [0, 0.05) is 0 Å². The Labute approximate surface area is 108 Å². The third-order valence-corrected chi connectivity index (χ3v) is 2.63. The monoisotopic (exact) mass is 263 g/mol. The summed E-state index contributed by atoms with van der Waals surface area (Å²) >= 11 is 0. The van der Waals surface area contributed by atoms with Crippen molar-refractivity contribution in [2.45, 2.75) is 6.04 Å². The Morgan fingerprint density at radius 3 is 2.37 bits per heavy atom. The van der Waals surface area contributed by atoms with Gasteiger partial charge in [0.2, 0.25) is 0 Å². The van der Waals surface area contributed by atoms with Crippen molar-refractivity contribution in [3.05, 3.63) is 65.7 Å². The van der Waals surface area contributed by atoms with Crippen LogP contribution in [-0.4, -0.2) is 11.1 Å². The zero-order chi connectivity index (χ0) is 13.8. The quantitative estimate of drug-likeness (QED) is 0.890. The Hall–Kier alpha value is -2.43. The summed E-state index contributed by atoms with van der Waals surface area (Å²) in [5.41, 5.74) is 0.273.